The Morgan fingerprint density at radius 1 is 1.32 bits per heavy atom. The number of aromatic hydroxyl groups is 1. The molecule has 136 valence electrons. The largest absolute Gasteiger partial charge is 1.00 e. The summed E-state index contributed by atoms with van der Waals surface area (Å²) < 4.78 is 1.58. The molecule has 1 aliphatic rings. The topological polar surface area (TPSA) is 52.6 Å². The predicted molar refractivity (Wildman–Crippen MR) is 105 cm³/mol. The summed E-state index contributed by atoms with van der Waals surface area (Å²) in [6, 6.07) is 9.63. The number of likely N-dealkylation sites (N-methyl/N-ethyl adjacent to an activating group) is 2. The number of amides is 1. The van der Waals surface area contributed by atoms with Crippen LogP contribution < -0.4 is 17.7 Å². The first-order chi connectivity index (χ1) is 11.4. The summed E-state index contributed by atoms with van der Waals surface area (Å²) >= 11 is 2.16. The third kappa shape index (κ3) is 4.55. The van der Waals surface area contributed by atoms with Crippen LogP contribution in [0.2, 0.25) is 0 Å². The molecule has 0 saturated carbocycles. The lowest BCUT2D eigenvalue weighted by Gasteiger charge is -2.40. The van der Waals surface area contributed by atoms with E-state index < -0.39 is 0 Å². The van der Waals surface area contributed by atoms with Crippen LogP contribution in [0.15, 0.2) is 30.3 Å². The lowest BCUT2D eigenvalue weighted by Crippen LogP contribution is -3.00. The maximum absolute atomic E-state index is 12.6. The molecule has 0 aliphatic carbocycles. The number of carbonyl (C=O) groups excluding carboxylic acids is 1. The van der Waals surface area contributed by atoms with Crippen LogP contribution in [0, 0.1) is 3.57 Å². The third-order valence-electron chi connectivity index (χ3n) is 4.81. The maximum Gasteiger partial charge on any atom is 0.279 e. The zero-order valence-electron chi connectivity index (χ0n) is 14.4. The van der Waals surface area contributed by atoms with E-state index in [1.54, 1.807) is 0 Å². The highest BCUT2D eigenvalue weighted by atomic mass is 127. The minimum Gasteiger partial charge on any atom is -1.00 e. The Morgan fingerprint density at radius 2 is 1.96 bits per heavy atom. The van der Waals surface area contributed by atoms with Crippen molar-refractivity contribution in [1.29, 1.82) is 0 Å². The molecule has 2 N–H and O–H groups in total. The number of anilines is 1. The van der Waals surface area contributed by atoms with Crippen LogP contribution in [-0.4, -0.2) is 67.2 Å². The molecule has 7 heteroatoms. The molecule has 5 nitrogen and oxygen atoms in total. The summed E-state index contributed by atoms with van der Waals surface area (Å²) in [7, 11) is 4.23. The van der Waals surface area contributed by atoms with Gasteiger partial charge in [0.05, 0.1) is 25.8 Å². The summed E-state index contributed by atoms with van der Waals surface area (Å²) in [4.78, 5) is 14.8. The highest BCUT2D eigenvalue weighted by Crippen LogP contribution is 2.36. The van der Waals surface area contributed by atoms with E-state index in [-0.39, 0.29) is 24.1 Å². The highest BCUT2D eigenvalue weighted by molar-refractivity contribution is 14.1. The number of halogens is 2. The number of phenols is 1. The van der Waals surface area contributed by atoms with Crippen molar-refractivity contribution in [2.45, 2.75) is 0 Å². The first-order valence-electron chi connectivity index (χ1n) is 8.10. The van der Waals surface area contributed by atoms with Crippen molar-refractivity contribution in [1.82, 2.24) is 4.90 Å². The maximum atomic E-state index is 12.6. The van der Waals surface area contributed by atoms with Crippen LogP contribution in [0.3, 0.4) is 0 Å². The van der Waals surface area contributed by atoms with E-state index in [2.05, 4.69) is 46.9 Å². The molecule has 0 radical (unpaired) electrons. The minimum absolute atomic E-state index is 0. The second kappa shape index (κ2) is 8.07. The molecule has 0 bridgehead atoms. The molecule has 25 heavy (non-hydrogen) atoms. The summed E-state index contributed by atoms with van der Waals surface area (Å²) in [5.74, 6) is 0.0948. The second-order valence-electron chi connectivity index (χ2n) is 6.88. The van der Waals surface area contributed by atoms with Gasteiger partial charge in [-0.05, 0) is 41.1 Å². The first kappa shape index (κ1) is 20.2. The average molecular weight is 476 g/mol. The monoisotopic (exact) mass is 475 g/mol. The van der Waals surface area contributed by atoms with E-state index in [0.717, 1.165) is 45.0 Å². The zero-order valence-corrected chi connectivity index (χ0v) is 17.3. The summed E-state index contributed by atoms with van der Waals surface area (Å²) in [6.07, 6.45) is 0. The van der Waals surface area contributed by atoms with Crippen LogP contribution >= 0.6 is 22.6 Å². The van der Waals surface area contributed by atoms with Crippen LogP contribution in [0.5, 0.6) is 5.75 Å². The van der Waals surface area contributed by atoms with Crippen LogP contribution in [0.25, 0.3) is 10.8 Å². The lowest BCUT2D eigenvalue weighted by atomic mass is 10.1. The van der Waals surface area contributed by atoms with Crippen molar-refractivity contribution in [3.05, 3.63) is 33.9 Å². The summed E-state index contributed by atoms with van der Waals surface area (Å²) in [5, 5.41) is 15.2. The van der Waals surface area contributed by atoms with Gasteiger partial charge in [-0.1, -0.05) is 24.3 Å². The predicted octanol–water partition coefficient (Wildman–Crippen LogP) is -0.515. The molecule has 0 unspecified atom stereocenters. The Hall–Kier alpha value is -1.09. The van der Waals surface area contributed by atoms with Gasteiger partial charge >= 0.3 is 0 Å². The summed E-state index contributed by atoms with van der Waals surface area (Å²) in [6.45, 7) is 4.36. The van der Waals surface area contributed by atoms with E-state index in [1.165, 1.54) is 0 Å². The number of piperazine rings is 1. The molecule has 0 aromatic heterocycles. The van der Waals surface area contributed by atoms with E-state index in [4.69, 9.17) is 0 Å². The second-order valence-corrected chi connectivity index (χ2v) is 8.04. The van der Waals surface area contributed by atoms with Gasteiger partial charge < -0.3 is 27.3 Å². The van der Waals surface area contributed by atoms with E-state index in [1.807, 2.05) is 30.3 Å². The van der Waals surface area contributed by atoms with Crippen LogP contribution in [0.4, 0.5) is 5.69 Å². The molecule has 1 fully saturated rings. The zero-order chi connectivity index (χ0) is 17.3. The van der Waals surface area contributed by atoms with Crippen LogP contribution in [0.1, 0.15) is 0 Å². The van der Waals surface area contributed by atoms with Gasteiger partial charge in [-0.2, -0.15) is 0 Å². The Bertz CT molecular complexity index is 776. The molecular weight excluding hydrogens is 453 g/mol. The number of nitrogens with one attached hydrogen (secondary N) is 1. The molecule has 0 spiro atoms. The van der Waals surface area contributed by atoms with Gasteiger partial charge in [-0.25, -0.2) is 0 Å². The Labute approximate surface area is 168 Å². The number of carbonyl (C=O) groups is 1. The molecule has 0 atom stereocenters. The average Bonchev–Trinajstić information content (AvgIpc) is 2.54. The van der Waals surface area contributed by atoms with E-state index in [0.29, 0.717) is 12.2 Å². The Morgan fingerprint density at radius 3 is 2.64 bits per heavy atom. The normalized spacial score (nSPS) is 17.1. The SMILES string of the molecule is CN1CC[N+](C)(CC(=O)Nc2c(I)cc3ccccc3c2O)CC1.[Cl-]. The number of hydrogen-bond donors (Lipinski definition) is 2. The van der Waals surface area contributed by atoms with Crippen molar-refractivity contribution >= 4 is 45.0 Å². The number of rotatable bonds is 3. The van der Waals surface area contributed by atoms with Gasteiger partial charge in [0.2, 0.25) is 0 Å². The van der Waals surface area contributed by atoms with Crippen molar-refractivity contribution in [3.63, 3.8) is 0 Å². The number of fused-ring (bicyclic) bond motifs is 1. The van der Waals surface area contributed by atoms with Crippen molar-refractivity contribution in [2.24, 2.45) is 0 Å². The molecule has 2 aromatic carbocycles. The smallest absolute Gasteiger partial charge is 0.279 e. The minimum atomic E-state index is -0.0504. The third-order valence-corrected chi connectivity index (χ3v) is 5.66. The van der Waals surface area contributed by atoms with Gasteiger partial charge in [0.15, 0.2) is 6.54 Å². The number of phenolic OH excluding ortho intramolecular Hbond substituents is 1. The Kier molecular flexibility index (Phi) is 6.53. The highest BCUT2D eigenvalue weighted by Gasteiger charge is 2.30. The summed E-state index contributed by atoms with van der Waals surface area (Å²) in [5.41, 5.74) is 0.514. The van der Waals surface area contributed by atoms with Gasteiger partial charge in [-0.3, -0.25) is 9.69 Å². The van der Waals surface area contributed by atoms with Crippen molar-refractivity contribution in [3.8, 4) is 5.75 Å². The van der Waals surface area contributed by atoms with Gasteiger partial charge in [-0.15, -0.1) is 0 Å². The quantitative estimate of drug-likeness (QED) is 0.357. The fraction of sp³-hybridized carbons (Fsp3) is 0.389. The van der Waals surface area contributed by atoms with Crippen molar-refractivity contribution in [2.75, 3.05) is 52.1 Å². The number of nitrogens with zero attached hydrogens (tertiary/aromatic N) is 2. The van der Waals surface area contributed by atoms with E-state index in [9.17, 15) is 9.90 Å². The standard InChI is InChI=1S/C18H22IN3O2.ClH/c1-21-7-9-22(2,10-8-21)12-16(23)20-17-15(19)11-13-5-3-4-6-14(13)18(17)24;/h3-6,11H,7-10,12H2,1-2H3,(H-,20,23,24);1H. The fourth-order valence-electron chi connectivity index (χ4n) is 3.15. The molecule has 1 heterocycles. The van der Waals surface area contributed by atoms with Gasteiger partial charge in [0.1, 0.15) is 5.75 Å². The molecule has 3 rings (SSSR count). The molecule has 1 amide bonds. The van der Waals surface area contributed by atoms with E-state index >= 15 is 0 Å². The van der Waals surface area contributed by atoms with Crippen molar-refractivity contribution < 1.29 is 26.8 Å². The molecule has 2 aromatic rings. The molecular formula is C18H23ClIN3O2. The van der Waals surface area contributed by atoms with Crippen LogP contribution in [-0.2, 0) is 4.79 Å². The Balaban J connectivity index is 0.00000225. The first-order valence-corrected chi connectivity index (χ1v) is 9.18. The molecule has 1 saturated heterocycles. The number of hydrogen-bond acceptors (Lipinski definition) is 3. The number of quaternary nitrogens is 1. The number of benzene rings is 2. The van der Waals surface area contributed by atoms with Gasteiger partial charge in [0.25, 0.3) is 5.91 Å². The molecule has 1 aliphatic heterocycles. The van der Waals surface area contributed by atoms with Gasteiger partial charge in [0, 0.05) is 22.0 Å². The fourth-order valence-corrected chi connectivity index (χ4v) is 3.87. The lowest BCUT2D eigenvalue weighted by molar-refractivity contribution is -0.905.